The van der Waals surface area contributed by atoms with Gasteiger partial charge in [0.05, 0.1) is 5.57 Å². The number of nitrogens with one attached hydrogen (secondary N) is 2. The molecule has 124 valence electrons. The van der Waals surface area contributed by atoms with E-state index in [1.165, 1.54) is 27.7 Å². The van der Waals surface area contributed by atoms with Crippen LogP contribution < -0.4 is 5.32 Å². The van der Waals surface area contributed by atoms with Gasteiger partial charge in [-0.3, -0.25) is 4.79 Å². The maximum absolute atomic E-state index is 12.5. The fraction of sp³-hybridized carbons (Fsp3) is 0.350. The summed E-state index contributed by atoms with van der Waals surface area (Å²) in [5.74, 6) is -0.0121. The molecule has 2 N–H and O–H groups in total. The number of hydrogen-bond acceptors (Lipinski definition) is 1. The van der Waals surface area contributed by atoms with Crippen LogP contribution in [0.25, 0.3) is 11.6 Å². The van der Waals surface area contributed by atoms with Crippen molar-refractivity contribution in [3.63, 3.8) is 0 Å². The van der Waals surface area contributed by atoms with E-state index in [0.29, 0.717) is 0 Å². The first-order chi connectivity index (χ1) is 11.4. The molecule has 1 amide bonds. The van der Waals surface area contributed by atoms with Crippen molar-refractivity contribution in [2.24, 2.45) is 0 Å². The number of carbonyl (C=O) groups is 1. The SMILES string of the molecule is Cc1c(I)ccc2c1C(=Cc1cc3c([nH]1)CCCC3(C)C)C(=O)N2. The summed E-state index contributed by atoms with van der Waals surface area (Å²) in [4.78, 5) is 16.0. The number of benzene rings is 1. The lowest BCUT2D eigenvalue weighted by molar-refractivity contribution is -0.110. The summed E-state index contributed by atoms with van der Waals surface area (Å²) in [6.45, 7) is 6.69. The van der Waals surface area contributed by atoms with Crippen LogP contribution in [0.4, 0.5) is 5.69 Å². The molecule has 2 aromatic rings. The highest BCUT2D eigenvalue weighted by Gasteiger charge is 2.30. The van der Waals surface area contributed by atoms with E-state index in [1.54, 1.807) is 0 Å². The summed E-state index contributed by atoms with van der Waals surface area (Å²) in [5.41, 5.74) is 7.86. The van der Waals surface area contributed by atoms with Gasteiger partial charge in [-0.05, 0) is 89.6 Å². The molecule has 4 rings (SSSR count). The van der Waals surface area contributed by atoms with Gasteiger partial charge in [-0.1, -0.05) is 13.8 Å². The first-order valence-corrected chi connectivity index (χ1v) is 9.49. The molecule has 0 saturated heterocycles. The van der Waals surface area contributed by atoms with Crippen molar-refractivity contribution < 1.29 is 4.79 Å². The summed E-state index contributed by atoms with van der Waals surface area (Å²) in [6, 6.07) is 6.27. The molecular formula is C20H21IN2O. The predicted octanol–water partition coefficient (Wildman–Crippen LogP) is 5.03. The molecule has 0 saturated carbocycles. The summed E-state index contributed by atoms with van der Waals surface area (Å²) in [7, 11) is 0. The van der Waals surface area contributed by atoms with Gasteiger partial charge in [-0.15, -0.1) is 0 Å². The minimum Gasteiger partial charge on any atom is -0.359 e. The smallest absolute Gasteiger partial charge is 0.256 e. The van der Waals surface area contributed by atoms with E-state index in [9.17, 15) is 4.79 Å². The third kappa shape index (κ3) is 2.42. The molecule has 0 atom stereocenters. The summed E-state index contributed by atoms with van der Waals surface area (Å²) < 4.78 is 1.18. The normalized spacial score (nSPS) is 20.0. The molecular weight excluding hydrogens is 411 g/mol. The van der Waals surface area contributed by atoms with E-state index in [2.05, 4.69) is 59.7 Å². The topological polar surface area (TPSA) is 44.9 Å². The van der Waals surface area contributed by atoms with Crippen LogP contribution in [0.2, 0.25) is 0 Å². The molecule has 1 aromatic heterocycles. The van der Waals surface area contributed by atoms with Crippen molar-refractivity contribution in [2.45, 2.75) is 45.4 Å². The Hall–Kier alpha value is -1.56. The first kappa shape index (κ1) is 15.9. The van der Waals surface area contributed by atoms with Gasteiger partial charge in [-0.2, -0.15) is 0 Å². The number of halogens is 1. The van der Waals surface area contributed by atoms with Gasteiger partial charge in [0.1, 0.15) is 0 Å². The Bertz CT molecular complexity index is 889. The zero-order valence-corrected chi connectivity index (χ0v) is 16.4. The second-order valence-electron chi connectivity index (χ2n) is 7.46. The number of carbonyl (C=O) groups excluding carboxylic acids is 1. The number of fused-ring (bicyclic) bond motifs is 2. The number of anilines is 1. The van der Waals surface area contributed by atoms with Gasteiger partial charge < -0.3 is 10.3 Å². The van der Waals surface area contributed by atoms with Crippen LogP contribution in [-0.4, -0.2) is 10.9 Å². The van der Waals surface area contributed by atoms with E-state index in [-0.39, 0.29) is 11.3 Å². The number of aromatic amines is 1. The Kier molecular flexibility index (Phi) is 3.64. The van der Waals surface area contributed by atoms with Gasteiger partial charge >= 0.3 is 0 Å². The fourth-order valence-corrected chi connectivity index (χ4v) is 4.42. The molecule has 1 aromatic carbocycles. The number of H-pyrrole nitrogens is 1. The Balaban J connectivity index is 1.83. The van der Waals surface area contributed by atoms with Crippen molar-refractivity contribution in [3.8, 4) is 0 Å². The van der Waals surface area contributed by atoms with Crippen molar-refractivity contribution in [2.75, 3.05) is 5.32 Å². The number of rotatable bonds is 1. The molecule has 0 unspecified atom stereocenters. The average Bonchev–Trinajstić information content (AvgIpc) is 3.06. The largest absolute Gasteiger partial charge is 0.359 e. The van der Waals surface area contributed by atoms with E-state index in [4.69, 9.17) is 0 Å². The van der Waals surface area contributed by atoms with Crippen LogP contribution in [0.3, 0.4) is 0 Å². The standard InChI is InChI=1S/C20H21IN2O/c1-11-15(21)6-7-17-18(11)13(19(24)23-17)9-12-10-14-16(22-12)5-4-8-20(14,2)3/h6-7,9-10,22H,4-5,8H2,1-3H3,(H,23,24). The molecule has 1 aliphatic heterocycles. The second-order valence-corrected chi connectivity index (χ2v) is 8.62. The monoisotopic (exact) mass is 432 g/mol. The molecule has 24 heavy (non-hydrogen) atoms. The summed E-state index contributed by atoms with van der Waals surface area (Å²) in [5, 5.41) is 2.99. The maximum Gasteiger partial charge on any atom is 0.256 e. The van der Waals surface area contributed by atoms with Crippen LogP contribution in [-0.2, 0) is 16.6 Å². The van der Waals surface area contributed by atoms with Crippen LogP contribution in [0, 0.1) is 10.5 Å². The molecule has 0 bridgehead atoms. The lowest BCUT2D eigenvalue weighted by Gasteiger charge is -2.29. The quantitative estimate of drug-likeness (QED) is 0.482. The predicted molar refractivity (Wildman–Crippen MR) is 107 cm³/mol. The number of aromatic nitrogens is 1. The van der Waals surface area contributed by atoms with E-state index >= 15 is 0 Å². The summed E-state index contributed by atoms with van der Waals surface area (Å²) >= 11 is 2.33. The molecule has 0 radical (unpaired) electrons. The molecule has 2 heterocycles. The molecule has 1 aliphatic carbocycles. The van der Waals surface area contributed by atoms with Crippen LogP contribution in [0.5, 0.6) is 0 Å². The van der Waals surface area contributed by atoms with Crippen LogP contribution in [0.1, 0.15) is 54.8 Å². The minimum atomic E-state index is -0.0121. The van der Waals surface area contributed by atoms with Gasteiger partial charge in [0.15, 0.2) is 0 Å². The Morgan fingerprint density at radius 1 is 1.29 bits per heavy atom. The van der Waals surface area contributed by atoms with Crippen LogP contribution >= 0.6 is 22.6 Å². The zero-order valence-electron chi connectivity index (χ0n) is 14.2. The highest BCUT2D eigenvalue weighted by atomic mass is 127. The molecule has 0 fully saturated rings. The lowest BCUT2D eigenvalue weighted by atomic mass is 9.75. The Morgan fingerprint density at radius 3 is 2.83 bits per heavy atom. The number of aryl methyl sites for hydroxylation is 1. The molecule has 2 aliphatic rings. The van der Waals surface area contributed by atoms with E-state index < -0.39 is 0 Å². The van der Waals surface area contributed by atoms with Crippen molar-refractivity contribution >= 4 is 45.8 Å². The van der Waals surface area contributed by atoms with E-state index in [1.807, 2.05) is 18.2 Å². The summed E-state index contributed by atoms with van der Waals surface area (Å²) in [6.07, 6.45) is 5.55. The van der Waals surface area contributed by atoms with Gasteiger partial charge in [0.25, 0.3) is 5.91 Å². The first-order valence-electron chi connectivity index (χ1n) is 8.42. The fourth-order valence-electron chi connectivity index (χ4n) is 3.97. The molecule has 3 nitrogen and oxygen atoms in total. The molecule has 0 spiro atoms. The van der Waals surface area contributed by atoms with E-state index in [0.717, 1.165) is 34.5 Å². The third-order valence-electron chi connectivity index (χ3n) is 5.34. The average molecular weight is 432 g/mol. The Morgan fingerprint density at radius 2 is 2.08 bits per heavy atom. The van der Waals surface area contributed by atoms with Crippen molar-refractivity contribution in [1.29, 1.82) is 0 Å². The highest BCUT2D eigenvalue weighted by Crippen LogP contribution is 2.40. The van der Waals surface area contributed by atoms with Gasteiger partial charge in [0, 0.05) is 26.2 Å². The van der Waals surface area contributed by atoms with Crippen molar-refractivity contribution in [1.82, 2.24) is 4.98 Å². The maximum atomic E-state index is 12.5. The van der Waals surface area contributed by atoms with Crippen LogP contribution in [0.15, 0.2) is 18.2 Å². The second kappa shape index (κ2) is 5.48. The third-order valence-corrected chi connectivity index (χ3v) is 6.51. The highest BCUT2D eigenvalue weighted by molar-refractivity contribution is 14.1. The number of hydrogen-bond donors (Lipinski definition) is 2. The van der Waals surface area contributed by atoms with Crippen molar-refractivity contribution in [3.05, 3.63) is 49.8 Å². The Labute approximate surface area is 156 Å². The van der Waals surface area contributed by atoms with Gasteiger partial charge in [-0.25, -0.2) is 0 Å². The number of amides is 1. The minimum absolute atomic E-state index is 0.0121. The lowest BCUT2D eigenvalue weighted by Crippen LogP contribution is -2.22. The zero-order chi connectivity index (χ0) is 17.1. The van der Waals surface area contributed by atoms with Gasteiger partial charge in [0.2, 0.25) is 0 Å². The molecule has 4 heteroatoms.